The molecule has 2 heterocycles. The SMILES string of the molecule is COCCn1cc(CN2CCC(c3cc(CN)ccc3F)CC2)c2c(Cl)cc(Cl)cc21. The molecule has 166 valence electrons. The first-order valence-corrected chi connectivity index (χ1v) is 11.4. The Morgan fingerprint density at radius 2 is 1.94 bits per heavy atom. The van der Waals surface area contributed by atoms with Gasteiger partial charge in [-0.05, 0) is 66.7 Å². The van der Waals surface area contributed by atoms with Crippen LogP contribution >= 0.6 is 23.2 Å². The summed E-state index contributed by atoms with van der Waals surface area (Å²) in [6, 6.07) is 9.01. The summed E-state index contributed by atoms with van der Waals surface area (Å²) in [6.07, 6.45) is 4.00. The fraction of sp³-hybridized carbons (Fsp3) is 0.417. The number of benzene rings is 2. The van der Waals surface area contributed by atoms with Crippen LogP contribution in [0.4, 0.5) is 4.39 Å². The maximum atomic E-state index is 14.4. The molecule has 1 fully saturated rings. The predicted molar refractivity (Wildman–Crippen MR) is 125 cm³/mol. The molecule has 0 spiro atoms. The van der Waals surface area contributed by atoms with Gasteiger partial charge in [0.05, 0.1) is 17.1 Å². The van der Waals surface area contributed by atoms with Gasteiger partial charge >= 0.3 is 0 Å². The van der Waals surface area contributed by atoms with Gasteiger partial charge in [-0.2, -0.15) is 0 Å². The molecule has 1 saturated heterocycles. The number of ether oxygens (including phenoxy) is 1. The van der Waals surface area contributed by atoms with Crippen molar-refractivity contribution < 1.29 is 9.13 Å². The first kappa shape index (κ1) is 22.6. The third-order valence-corrected chi connectivity index (χ3v) is 6.75. The zero-order valence-corrected chi connectivity index (χ0v) is 19.2. The van der Waals surface area contributed by atoms with Crippen molar-refractivity contribution in [3.05, 3.63) is 69.1 Å². The van der Waals surface area contributed by atoms with Gasteiger partial charge in [0.1, 0.15) is 5.82 Å². The first-order valence-electron chi connectivity index (χ1n) is 10.7. The highest BCUT2D eigenvalue weighted by atomic mass is 35.5. The summed E-state index contributed by atoms with van der Waals surface area (Å²) >= 11 is 12.8. The fourth-order valence-electron chi connectivity index (χ4n) is 4.60. The lowest BCUT2D eigenvalue weighted by Crippen LogP contribution is -2.32. The zero-order valence-electron chi connectivity index (χ0n) is 17.7. The van der Waals surface area contributed by atoms with Gasteiger partial charge in [0.25, 0.3) is 0 Å². The normalized spacial score (nSPS) is 15.8. The average molecular weight is 464 g/mol. The number of likely N-dealkylation sites (tertiary alicyclic amines) is 1. The molecule has 1 aromatic heterocycles. The topological polar surface area (TPSA) is 43.4 Å². The van der Waals surface area contributed by atoms with Crippen LogP contribution in [-0.4, -0.2) is 36.3 Å². The minimum atomic E-state index is -0.125. The van der Waals surface area contributed by atoms with E-state index in [2.05, 4.69) is 15.7 Å². The standard InChI is InChI=1S/C24H28Cl2FN3O/c1-31-9-8-30-15-18(24-21(26)11-19(25)12-23(24)30)14-29-6-4-17(5-7-29)20-10-16(13-28)2-3-22(20)27/h2-3,10-12,15,17H,4-9,13-14,28H2,1H3. The fourth-order valence-corrected chi connectivity index (χ4v) is 5.20. The average Bonchev–Trinajstić information content (AvgIpc) is 3.10. The molecule has 4 nitrogen and oxygen atoms in total. The summed E-state index contributed by atoms with van der Waals surface area (Å²) in [5.41, 5.74) is 9.74. The summed E-state index contributed by atoms with van der Waals surface area (Å²) in [4.78, 5) is 2.42. The van der Waals surface area contributed by atoms with Gasteiger partial charge < -0.3 is 15.0 Å². The molecule has 2 aromatic carbocycles. The van der Waals surface area contributed by atoms with Crippen molar-refractivity contribution in [1.82, 2.24) is 9.47 Å². The van der Waals surface area contributed by atoms with E-state index in [4.69, 9.17) is 33.7 Å². The van der Waals surface area contributed by atoms with Crippen LogP contribution in [0.15, 0.2) is 36.5 Å². The molecule has 0 aliphatic carbocycles. The van der Waals surface area contributed by atoms with E-state index in [-0.39, 0.29) is 11.7 Å². The van der Waals surface area contributed by atoms with Crippen LogP contribution in [-0.2, 0) is 24.4 Å². The van der Waals surface area contributed by atoms with Crippen molar-refractivity contribution in [1.29, 1.82) is 0 Å². The lowest BCUT2D eigenvalue weighted by atomic mass is 9.88. The number of nitrogens with two attached hydrogens (primary N) is 1. The van der Waals surface area contributed by atoms with Crippen LogP contribution in [0.25, 0.3) is 10.9 Å². The van der Waals surface area contributed by atoms with Crippen LogP contribution in [0.2, 0.25) is 10.0 Å². The van der Waals surface area contributed by atoms with Gasteiger partial charge in [0.2, 0.25) is 0 Å². The minimum Gasteiger partial charge on any atom is -0.383 e. The molecule has 7 heteroatoms. The van der Waals surface area contributed by atoms with Gasteiger partial charge in [-0.3, -0.25) is 4.90 Å². The molecule has 1 aliphatic heterocycles. The molecule has 0 saturated carbocycles. The molecule has 0 amide bonds. The van der Waals surface area contributed by atoms with E-state index in [1.807, 2.05) is 12.1 Å². The van der Waals surface area contributed by atoms with E-state index in [0.29, 0.717) is 23.2 Å². The molecule has 0 unspecified atom stereocenters. The second-order valence-corrected chi connectivity index (χ2v) is 9.08. The van der Waals surface area contributed by atoms with Crippen LogP contribution in [0.5, 0.6) is 0 Å². The molecular weight excluding hydrogens is 436 g/mol. The monoisotopic (exact) mass is 463 g/mol. The van der Waals surface area contributed by atoms with Crippen molar-refractivity contribution in [2.75, 3.05) is 26.8 Å². The largest absolute Gasteiger partial charge is 0.383 e. The molecule has 3 aromatic rings. The third kappa shape index (κ3) is 4.91. The number of hydrogen-bond acceptors (Lipinski definition) is 3. The third-order valence-electron chi connectivity index (χ3n) is 6.23. The Morgan fingerprint density at radius 1 is 1.16 bits per heavy atom. The lowest BCUT2D eigenvalue weighted by molar-refractivity contribution is 0.188. The van der Waals surface area contributed by atoms with Crippen molar-refractivity contribution in [2.24, 2.45) is 5.73 Å². The maximum Gasteiger partial charge on any atom is 0.126 e. The molecule has 2 N–H and O–H groups in total. The van der Waals surface area contributed by atoms with Crippen molar-refractivity contribution in [3.63, 3.8) is 0 Å². The van der Waals surface area contributed by atoms with Crippen LogP contribution in [0, 0.1) is 5.82 Å². The summed E-state index contributed by atoms with van der Waals surface area (Å²) in [7, 11) is 1.70. The Morgan fingerprint density at radius 3 is 2.65 bits per heavy atom. The Balaban J connectivity index is 1.51. The Bertz CT molecular complexity index is 1060. The maximum absolute atomic E-state index is 14.4. The van der Waals surface area contributed by atoms with Crippen molar-refractivity contribution in [2.45, 2.75) is 38.4 Å². The van der Waals surface area contributed by atoms with Gasteiger partial charge in [-0.15, -0.1) is 0 Å². The van der Waals surface area contributed by atoms with Gasteiger partial charge in [-0.1, -0.05) is 35.3 Å². The lowest BCUT2D eigenvalue weighted by Gasteiger charge is -2.32. The van der Waals surface area contributed by atoms with Crippen molar-refractivity contribution >= 4 is 34.1 Å². The predicted octanol–water partition coefficient (Wildman–Crippen LogP) is 5.57. The smallest absolute Gasteiger partial charge is 0.126 e. The Kier molecular flexibility index (Phi) is 7.19. The van der Waals surface area contributed by atoms with Gasteiger partial charge in [0.15, 0.2) is 0 Å². The number of piperidine rings is 1. The number of rotatable bonds is 7. The summed E-state index contributed by atoms with van der Waals surface area (Å²) in [5, 5.41) is 2.35. The molecule has 4 rings (SSSR count). The van der Waals surface area contributed by atoms with E-state index in [0.717, 1.165) is 61.1 Å². The molecular formula is C24H28Cl2FN3O. The Labute approximate surface area is 192 Å². The zero-order chi connectivity index (χ0) is 22.0. The second kappa shape index (κ2) is 9.88. The highest BCUT2D eigenvalue weighted by Gasteiger charge is 2.24. The molecule has 31 heavy (non-hydrogen) atoms. The van der Waals surface area contributed by atoms with E-state index < -0.39 is 0 Å². The molecule has 1 aliphatic rings. The number of aromatic nitrogens is 1. The highest BCUT2D eigenvalue weighted by molar-refractivity contribution is 6.38. The van der Waals surface area contributed by atoms with E-state index in [1.54, 1.807) is 25.3 Å². The minimum absolute atomic E-state index is 0.125. The number of nitrogens with zero attached hydrogens (tertiary/aromatic N) is 2. The van der Waals surface area contributed by atoms with Gasteiger partial charge in [-0.25, -0.2) is 4.39 Å². The number of methoxy groups -OCH3 is 1. The van der Waals surface area contributed by atoms with Gasteiger partial charge in [0, 0.05) is 43.3 Å². The van der Waals surface area contributed by atoms with E-state index in [9.17, 15) is 4.39 Å². The van der Waals surface area contributed by atoms with Crippen LogP contribution in [0.3, 0.4) is 0 Å². The van der Waals surface area contributed by atoms with E-state index >= 15 is 0 Å². The first-order chi connectivity index (χ1) is 15.0. The van der Waals surface area contributed by atoms with E-state index in [1.165, 1.54) is 5.56 Å². The summed E-state index contributed by atoms with van der Waals surface area (Å²) in [6.45, 7) is 4.41. The number of hydrogen-bond donors (Lipinski definition) is 1. The van der Waals surface area contributed by atoms with Crippen molar-refractivity contribution in [3.8, 4) is 0 Å². The molecule has 0 radical (unpaired) electrons. The summed E-state index contributed by atoms with van der Waals surface area (Å²) in [5.74, 6) is 0.105. The molecule has 0 atom stereocenters. The Hall–Kier alpha value is -1.63. The number of halogens is 3. The number of fused-ring (bicyclic) bond motifs is 1. The molecule has 0 bridgehead atoms. The second-order valence-electron chi connectivity index (χ2n) is 8.23. The quantitative estimate of drug-likeness (QED) is 0.497. The van der Waals surface area contributed by atoms with Crippen LogP contribution < -0.4 is 5.73 Å². The summed E-state index contributed by atoms with van der Waals surface area (Å²) < 4.78 is 21.8. The van der Waals surface area contributed by atoms with Crippen LogP contribution in [0.1, 0.15) is 35.4 Å². The highest BCUT2D eigenvalue weighted by Crippen LogP contribution is 2.35.